The maximum absolute atomic E-state index is 7.96. The van der Waals surface area contributed by atoms with Crippen LogP contribution in [0.4, 0.5) is 5.69 Å². The Morgan fingerprint density at radius 3 is 2.81 bits per heavy atom. The number of rotatable bonds is 0. The number of pyridine rings is 2. The van der Waals surface area contributed by atoms with Crippen LogP contribution in [0.15, 0.2) is 48.7 Å². The molecule has 0 spiro atoms. The highest BCUT2D eigenvalue weighted by molar-refractivity contribution is 6.31. The third-order valence-electron chi connectivity index (χ3n) is 2.69. The van der Waals surface area contributed by atoms with Crippen molar-refractivity contribution in [3.05, 3.63) is 53.7 Å². The van der Waals surface area contributed by atoms with Crippen molar-refractivity contribution in [3.8, 4) is 0 Å². The van der Waals surface area contributed by atoms with Gasteiger partial charge in [0.25, 0.3) is 0 Å². The van der Waals surface area contributed by atoms with Crippen molar-refractivity contribution in [1.82, 2.24) is 5.73 Å². The van der Waals surface area contributed by atoms with Crippen molar-refractivity contribution in [3.63, 3.8) is 0 Å². The Morgan fingerprint density at radius 1 is 1.06 bits per heavy atom. The predicted molar refractivity (Wildman–Crippen MR) is 64.9 cm³/mol. The molecule has 0 saturated heterocycles. The molecule has 3 rings (SSSR count). The fourth-order valence-corrected chi connectivity index (χ4v) is 2.12. The molecule has 0 atom stereocenters. The SMILES string of the molecule is [NH]c1cc2cccc[n+]2c2cc(Cl)ccc12. The maximum Gasteiger partial charge on any atom is 0.222 e. The molecule has 1 radical (unpaired) electrons. The van der Waals surface area contributed by atoms with Gasteiger partial charge in [0.15, 0.2) is 6.20 Å². The Hall–Kier alpha value is -1.80. The van der Waals surface area contributed by atoms with Gasteiger partial charge in [-0.2, -0.15) is 4.40 Å². The highest BCUT2D eigenvalue weighted by Crippen LogP contribution is 2.23. The van der Waals surface area contributed by atoms with Crippen molar-refractivity contribution in [2.45, 2.75) is 0 Å². The molecule has 0 saturated carbocycles. The number of benzene rings is 1. The zero-order chi connectivity index (χ0) is 11.1. The van der Waals surface area contributed by atoms with Crippen molar-refractivity contribution >= 4 is 33.7 Å². The molecule has 3 heteroatoms. The van der Waals surface area contributed by atoms with Gasteiger partial charge in [-0.05, 0) is 18.2 Å². The van der Waals surface area contributed by atoms with Gasteiger partial charge in [0.05, 0.1) is 11.1 Å². The first-order chi connectivity index (χ1) is 7.75. The van der Waals surface area contributed by atoms with Crippen LogP contribution in [0.25, 0.3) is 16.4 Å². The van der Waals surface area contributed by atoms with Crippen molar-refractivity contribution in [1.29, 1.82) is 0 Å². The predicted octanol–water partition coefficient (Wildman–Crippen LogP) is 3.15. The molecule has 0 aliphatic rings. The summed E-state index contributed by atoms with van der Waals surface area (Å²) >= 11 is 6.00. The maximum atomic E-state index is 7.96. The second-order valence-electron chi connectivity index (χ2n) is 3.71. The van der Waals surface area contributed by atoms with E-state index in [1.54, 1.807) is 0 Å². The van der Waals surface area contributed by atoms with Crippen molar-refractivity contribution in [2.24, 2.45) is 0 Å². The molecule has 2 heterocycles. The van der Waals surface area contributed by atoms with Gasteiger partial charge >= 0.3 is 0 Å². The monoisotopic (exact) mass is 228 g/mol. The summed E-state index contributed by atoms with van der Waals surface area (Å²) in [5.41, 5.74) is 10.5. The van der Waals surface area contributed by atoms with Gasteiger partial charge in [0.2, 0.25) is 11.0 Å². The molecular weight excluding hydrogens is 220 g/mol. The van der Waals surface area contributed by atoms with Crippen LogP contribution in [0.5, 0.6) is 0 Å². The summed E-state index contributed by atoms with van der Waals surface area (Å²) in [6.45, 7) is 0. The van der Waals surface area contributed by atoms with Gasteiger partial charge < -0.3 is 0 Å². The highest BCUT2D eigenvalue weighted by atomic mass is 35.5. The van der Waals surface area contributed by atoms with E-state index >= 15 is 0 Å². The van der Waals surface area contributed by atoms with E-state index in [2.05, 4.69) is 0 Å². The molecule has 1 aromatic carbocycles. The van der Waals surface area contributed by atoms with E-state index in [0.717, 1.165) is 16.4 Å². The smallest absolute Gasteiger partial charge is 0.222 e. The van der Waals surface area contributed by atoms with Crippen molar-refractivity contribution < 1.29 is 4.40 Å². The molecule has 0 fully saturated rings. The van der Waals surface area contributed by atoms with Gasteiger partial charge in [-0.25, -0.2) is 0 Å². The second kappa shape index (κ2) is 3.35. The van der Waals surface area contributed by atoms with Crippen LogP contribution in [0.1, 0.15) is 0 Å². The van der Waals surface area contributed by atoms with Gasteiger partial charge in [-0.1, -0.05) is 11.6 Å². The first-order valence-corrected chi connectivity index (χ1v) is 5.38. The summed E-state index contributed by atoms with van der Waals surface area (Å²) in [5.74, 6) is 0. The fraction of sp³-hybridized carbons (Fsp3) is 0. The second-order valence-corrected chi connectivity index (χ2v) is 4.15. The van der Waals surface area contributed by atoms with Crippen LogP contribution in [-0.4, -0.2) is 0 Å². The zero-order valence-corrected chi connectivity index (χ0v) is 9.20. The number of hydrogen-bond donors (Lipinski definition) is 0. The average Bonchev–Trinajstić information content (AvgIpc) is 2.29. The molecule has 1 N–H and O–H groups in total. The molecule has 0 amide bonds. The standard InChI is InChI=1S/C13H9ClN2/c14-9-4-5-11-12(15)8-10-3-1-2-6-16(10)13(11)7-9/h1-8,15H/q+1. The minimum Gasteiger partial charge on any atom is -0.300 e. The lowest BCUT2D eigenvalue weighted by Crippen LogP contribution is -2.21. The zero-order valence-electron chi connectivity index (χ0n) is 8.44. The van der Waals surface area contributed by atoms with Gasteiger partial charge in [0, 0.05) is 29.3 Å². The third kappa shape index (κ3) is 1.31. The summed E-state index contributed by atoms with van der Waals surface area (Å²) in [6.07, 6.45) is 1.98. The molecule has 16 heavy (non-hydrogen) atoms. The molecule has 2 nitrogen and oxygen atoms in total. The number of fused-ring (bicyclic) bond motifs is 3. The van der Waals surface area contributed by atoms with E-state index in [1.165, 1.54) is 0 Å². The van der Waals surface area contributed by atoms with Crippen LogP contribution >= 0.6 is 11.6 Å². The molecule has 0 unspecified atom stereocenters. The van der Waals surface area contributed by atoms with Gasteiger partial charge in [0.1, 0.15) is 0 Å². The molecule has 0 aliphatic carbocycles. The van der Waals surface area contributed by atoms with E-state index in [0.29, 0.717) is 10.7 Å². The summed E-state index contributed by atoms with van der Waals surface area (Å²) in [6, 6.07) is 13.4. The lowest BCUT2D eigenvalue weighted by molar-refractivity contribution is -0.481. The normalized spacial score (nSPS) is 11.1. The molecule has 2 aromatic heterocycles. The Labute approximate surface area is 97.9 Å². The Bertz CT molecular complexity index is 692. The topological polar surface area (TPSA) is 27.9 Å². The minimum absolute atomic E-state index is 0.526. The Morgan fingerprint density at radius 2 is 1.94 bits per heavy atom. The van der Waals surface area contributed by atoms with Gasteiger partial charge in [-0.15, -0.1) is 0 Å². The number of hydrogen-bond acceptors (Lipinski definition) is 0. The van der Waals surface area contributed by atoms with Gasteiger partial charge in [-0.3, -0.25) is 5.73 Å². The van der Waals surface area contributed by atoms with Crippen molar-refractivity contribution in [2.75, 3.05) is 0 Å². The number of halogens is 1. The fourth-order valence-electron chi connectivity index (χ4n) is 1.95. The number of nitrogens with one attached hydrogen (secondary N) is 1. The molecule has 3 aromatic rings. The summed E-state index contributed by atoms with van der Waals surface area (Å²) in [4.78, 5) is 0. The van der Waals surface area contributed by atoms with E-state index in [1.807, 2.05) is 53.1 Å². The van der Waals surface area contributed by atoms with Crippen LogP contribution in [0.3, 0.4) is 0 Å². The summed E-state index contributed by atoms with van der Waals surface area (Å²) in [7, 11) is 0. The third-order valence-corrected chi connectivity index (χ3v) is 2.93. The van der Waals surface area contributed by atoms with Crippen LogP contribution in [0.2, 0.25) is 5.02 Å². The van der Waals surface area contributed by atoms with E-state index in [4.69, 9.17) is 17.3 Å². The summed E-state index contributed by atoms with van der Waals surface area (Å²) in [5, 5.41) is 1.60. The number of nitrogens with zero attached hydrogens (tertiary/aromatic N) is 1. The lowest BCUT2D eigenvalue weighted by Gasteiger charge is -2.00. The largest absolute Gasteiger partial charge is 0.300 e. The first-order valence-electron chi connectivity index (χ1n) is 5.00. The summed E-state index contributed by atoms with van der Waals surface area (Å²) < 4.78 is 2.04. The van der Waals surface area contributed by atoms with E-state index in [-0.39, 0.29) is 0 Å². The van der Waals surface area contributed by atoms with E-state index in [9.17, 15) is 0 Å². The lowest BCUT2D eigenvalue weighted by atomic mass is 10.1. The van der Waals surface area contributed by atoms with Crippen LogP contribution in [-0.2, 0) is 0 Å². The molecule has 0 bridgehead atoms. The highest BCUT2D eigenvalue weighted by Gasteiger charge is 2.12. The molecule has 77 valence electrons. The number of aromatic nitrogens is 1. The Kier molecular flexibility index (Phi) is 1.98. The first kappa shape index (κ1) is 9.43. The van der Waals surface area contributed by atoms with Crippen LogP contribution < -0.4 is 10.1 Å². The average molecular weight is 229 g/mol. The molecular formula is C13H9ClN2+. The minimum atomic E-state index is 0.526. The quantitative estimate of drug-likeness (QED) is 0.418. The van der Waals surface area contributed by atoms with E-state index < -0.39 is 0 Å². The Balaban J connectivity index is 2.61. The molecule has 0 aliphatic heterocycles. The van der Waals surface area contributed by atoms with Crippen LogP contribution in [0, 0.1) is 0 Å².